The van der Waals surface area contributed by atoms with Gasteiger partial charge in [0.15, 0.2) is 11.5 Å². The third kappa shape index (κ3) is 3.80. The van der Waals surface area contributed by atoms with E-state index in [9.17, 15) is 9.59 Å². The molecule has 0 unspecified atom stereocenters. The number of hydrogen-bond donors (Lipinski definition) is 1. The number of ether oxygens (including phenoxy) is 2. The van der Waals surface area contributed by atoms with Crippen molar-refractivity contribution in [1.82, 2.24) is 10.2 Å². The number of carbonyl (C=O) groups excluding carboxylic acids is 2. The molecule has 2 aliphatic heterocycles. The fourth-order valence-electron chi connectivity index (χ4n) is 3.20. The van der Waals surface area contributed by atoms with E-state index < -0.39 is 0 Å². The van der Waals surface area contributed by atoms with E-state index in [1.165, 1.54) is 0 Å². The molecular weight excluding hydrogens is 308 g/mol. The van der Waals surface area contributed by atoms with E-state index in [1.807, 2.05) is 11.8 Å². The summed E-state index contributed by atoms with van der Waals surface area (Å²) in [5.41, 5.74) is 0.620. The lowest BCUT2D eigenvalue weighted by molar-refractivity contribution is -0.121. The van der Waals surface area contributed by atoms with Crippen molar-refractivity contribution < 1.29 is 19.1 Å². The van der Waals surface area contributed by atoms with Gasteiger partial charge >= 0.3 is 0 Å². The quantitative estimate of drug-likeness (QED) is 0.897. The first-order valence-corrected chi connectivity index (χ1v) is 8.63. The van der Waals surface area contributed by atoms with Gasteiger partial charge in [0.2, 0.25) is 12.7 Å². The first kappa shape index (κ1) is 16.6. The smallest absolute Gasteiger partial charge is 0.254 e. The van der Waals surface area contributed by atoms with E-state index in [1.54, 1.807) is 18.2 Å². The summed E-state index contributed by atoms with van der Waals surface area (Å²) in [5, 5.41) is 2.97. The van der Waals surface area contributed by atoms with Crippen molar-refractivity contribution in [1.29, 1.82) is 0 Å². The standard InChI is InChI=1S/C18H24N2O4/c1-2-4-17(21)19-10-13-5-3-8-20(11-13)18(22)14-6-7-15-16(9-14)24-12-23-15/h6-7,9,13H,2-5,8,10-12H2,1H3,(H,19,21)/t13-/m0/s1. The molecule has 2 heterocycles. The van der Waals surface area contributed by atoms with Crippen LogP contribution in [0.4, 0.5) is 0 Å². The highest BCUT2D eigenvalue weighted by Crippen LogP contribution is 2.33. The maximum Gasteiger partial charge on any atom is 0.254 e. The molecule has 3 rings (SSSR count). The summed E-state index contributed by atoms with van der Waals surface area (Å²) in [7, 11) is 0. The summed E-state index contributed by atoms with van der Waals surface area (Å²) in [6, 6.07) is 5.31. The van der Waals surface area contributed by atoms with Crippen LogP contribution in [0.1, 0.15) is 43.0 Å². The predicted octanol–water partition coefficient (Wildman–Crippen LogP) is 2.18. The monoisotopic (exact) mass is 332 g/mol. The third-order valence-corrected chi connectivity index (χ3v) is 4.49. The molecule has 1 aromatic carbocycles. The number of fused-ring (bicyclic) bond motifs is 1. The predicted molar refractivity (Wildman–Crippen MR) is 89.1 cm³/mol. The maximum absolute atomic E-state index is 12.7. The molecule has 0 saturated carbocycles. The van der Waals surface area contributed by atoms with Crippen LogP contribution in [0.2, 0.25) is 0 Å². The number of amides is 2. The Morgan fingerprint density at radius 1 is 1.29 bits per heavy atom. The van der Waals surface area contributed by atoms with Gasteiger partial charge in [-0.1, -0.05) is 6.92 Å². The van der Waals surface area contributed by atoms with Crippen LogP contribution in [-0.4, -0.2) is 43.1 Å². The summed E-state index contributed by atoms with van der Waals surface area (Å²) < 4.78 is 10.6. The van der Waals surface area contributed by atoms with Crippen LogP contribution in [0, 0.1) is 5.92 Å². The Kier molecular flexibility index (Phi) is 5.23. The molecule has 2 amide bonds. The maximum atomic E-state index is 12.7. The molecule has 0 aromatic heterocycles. The zero-order chi connectivity index (χ0) is 16.9. The highest BCUT2D eigenvalue weighted by molar-refractivity contribution is 5.95. The second-order valence-corrected chi connectivity index (χ2v) is 6.38. The van der Waals surface area contributed by atoms with Crippen LogP contribution in [0.25, 0.3) is 0 Å². The fraction of sp³-hybridized carbons (Fsp3) is 0.556. The Balaban J connectivity index is 1.58. The summed E-state index contributed by atoms with van der Waals surface area (Å²) in [6.07, 6.45) is 3.42. The van der Waals surface area contributed by atoms with Crippen molar-refractivity contribution in [2.75, 3.05) is 26.4 Å². The topological polar surface area (TPSA) is 67.9 Å². The Labute approximate surface area is 142 Å². The van der Waals surface area contributed by atoms with Gasteiger partial charge in [-0.2, -0.15) is 0 Å². The number of nitrogens with one attached hydrogen (secondary N) is 1. The van der Waals surface area contributed by atoms with Crippen molar-refractivity contribution in [2.24, 2.45) is 5.92 Å². The van der Waals surface area contributed by atoms with Gasteiger partial charge in [-0.25, -0.2) is 0 Å². The first-order valence-electron chi connectivity index (χ1n) is 8.63. The minimum absolute atomic E-state index is 0.0119. The van der Waals surface area contributed by atoms with Crippen LogP contribution in [0.5, 0.6) is 11.5 Å². The molecule has 130 valence electrons. The number of benzene rings is 1. The SMILES string of the molecule is CCCC(=O)NC[C@@H]1CCCN(C(=O)c2ccc3c(c2)OCO3)C1. The third-order valence-electron chi connectivity index (χ3n) is 4.49. The molecule has 0 aliphatic carbocycles. The van der Waals surface area contributed by atoms with E-state index in [2.05, 4.69) is 5.32 Å². The van der Waals surface area contributed by atoms with E-state index in [0.717, 1.165) is 25.8 Å². The van der Waals surface area contributed by atoms with Gasteiger partial charge in [0.05, 0.1) is 0 Å². The second kappa shape index (κ2) is 7.55. The van der Waals surface area contributed by atoms with Gasteiger partial charge in [0, 0.05) is 31.6 Å². The average Bonchev–Trinajstić information content (AvgIpc) is 3.07. The molecule has 2 aliphatic rings. The van der Waals surface area contributed by atoms with Crippen molar-refractivity contribution in [3.05, 3.63) is 23.8 Å². The fourth-order valence-corrected chi connectivity index (χ4v) is 3.20. The molecule has 0 bridgehead atoms. The highest BCUT2D eigenvalue weighted by Gasteiger charge is 2.26. The Hall–Kier alpha value is -2.24. The lowest BCUT2D eigenvalue weighted by Crippen LogP contribution is -2.43. The van der Waals surface area contributed by atoms with Crippen LogP contribution in [0.3, 0.4) is 0 Å². The van der Waals surface area contributed by atoms with Gasteiger partial charge in [-0.15, -0.1) is 0 Å². The van der Waals surface area contributed by atoms with Crippen molar-refractivity contribution in [3.63, 3.8) is 0 Å². The Bertz CT molecular complexity index is 617. The number of likely N-dealkylation sites (tertiary alicyclic amines) is 1. The van der Waals surface area contributed by atoms with Gasteiger partial charge < -0.3 is 19.7 Å². The largest absolute Gasteiger partial charge is 0.454 e. The van der Waals surface area contributed by atoms with E-state index >= 15 is 0 Å². The number of nitrogens with zero attached hydrogens (tertiary/aromatic N) is 1. The molecule has 1 atom stereocenters. The molecule has 1 aromatic rings. The molecule has 1 N–H and O–H groups in total. The normalized spacial score (nSPS) is 19.2. The van der Waals surface area contributed by atoms with Gasteiger partial charge in [0.25, 0.3) is 5.91 Å². The summed E-state index contributed by atoms with van der Waals surface area (Å²) >= 11 is 0. The van der Waals surface area contributed by atoms with E-state index in [-0.39, 0.29) is 18.6 Å². The zero-order valence-corrected chi connectivity index (χ0v) is 14.0. The molecular formula is C18H24N2O4. The van der Waals surface area contributed by atoms with Gasteiger partial charge in [0.1, 0.15) is 0 Å². The van der Waals surface area contributed by atoms with Gasteiger partial charge in [-0.05, 0) is 43.4 Å². The molecule has 6 heteroatoms. The highest BCUT2D eigenvalue weighted by atomic mass is 16.7. The first-order chi connectivity index (χ1) is 11.7. The minimum atomic E-state index is 0.0119. The van der Waals surface area contributed by atoms with Gasteiger partial charge in [-0.3, -0.25) is 9.59 Å². The van der Waals surface area contributed by atoms with Crippen molar-refractivity contribution in [2.45, 2.75) is 32.6 Å². The van der Waals surface area contributed by atoms with Crippen molar-refractivity contribution >= 4 is 11.8 Å². The second-order valence-electron chi connectivity index (χ2n) is 6.38. The minimum Gasteiger partial charge on any atom is -0.454 e. The van der Waals surface area contributed by atoms with Crippen molar-refractivity contribution in [3.8, 4) is 11.5 Å². The number of carbonyl (C=O) groups is 2. The molecule has 0 spiro atoms. The number of piperidine rings is 1. The van der Waals surface area contributed by atoms with Crippen LogP contribution in [0.15, 0.2) is 18.2 Å². The van der Waals surface area contributed by atoms with Crippen LogP contribution in [-0.2, 0) is 4.79 Å². The molecule has 0 radical (unpaired) electrons. The summed E-state index contributed by atoms with van der Waals surface area (Å²) in [4.78, 5) is 26.2. The molecule has 6 nitrogen and oxygen atoms in total. The van der Waals surface area contributed by atoms with Crippen LogP contribution >= 0.6 is 0 Å². The van der Waals surface area contributed by atoms with E-state index in [0.29, 0.717) is 42.5 Å². The lowest BCUT2D eigenvalue weighted by atomic mass is 9.97. The lowest BCUT2D eigenvalue weighted by Gasteiger charge is -2.33. The average molecular weight is 332 g/mol. The van der Waals surface area contributed by atoms with Crippen LogP contribution < -0.4 is 14.8 Å². The molecule has 24 heavy (non-hydrogen) atoms. The number of rotatable bonds is 5. The number of hydrogen-bond acceptors (Lipinski definition) is 4. The van der Waals surface area contributed by atoms with E-state index in [4.69, 9.17) is 9.47 Å². The zero-order valence-electron chi connectivity index (χ0n) is 14.0. The summed E-state index contributed by atoms with van der Waals surface area (Å²) in [5.74, 6) is 1.73. The molecule has 1 saturated heterocycles. The molecule has 1 fully saturated rings. The Morgan fingerprint density at radius 2 is 2.12 bits per heavy atom. The Morgan fingerprint density at radius 3 is 2.96 bits per heavy atom. The summed E-state index contributed by atoms with van der Waals surface area (Å²) in [6.45, 7) is 4.28.